The van der Waals surface area contributed by atoms with Gasteiger partial charge in [0.2, 0.25) is 5.91 Å². The van der Waals surface area contributed by atoms with Gasteiger partial charge >= 0.3 is 0 Å². The van der Waals surface area contributed by atoms with Crippen LogP contribution >= 0.6 is 0 Å². The van der Waals surface area contributed by atoms with Gasteiger partial charge in [-0.05, 0) is 31.0 Å². The van der Waals surface area contributed by atoms with E-state index in [4.69, 9.17) is 4.74 Å². The van der Waals surface area contributed by atoms with Crippen LogP contribution in [0.1, 0.15) is 38.4 Å². The number of carbonyl (C=O) groups is 1. The van der Waals surface area contributed by atoms with Crippen LogP contribution in [0.5, 0.6) is 0 Å². The molecule has 0 aliphatic carbocycles. The van der Waals surface area contributed by atoms with Gasteiger partial charge in [0.1, 0.15) is 11.9 Å². The highest BCUT2D eigenvalue weighted by molar-refractivity contribution is 5.80. The first-order valence-electron chi connectivity index (χ1n) is 6.87. The van der Waals surface area contributed by atoms with E-state index in [9.17, 15) is 14.3 Å². The van der Waals surface area contributed by atoms with Crippen LogP contribution in [-0.2, 0) is 9.53 Å². The van der Waals surface area contributed by atoms with Gasteiger partial charge in [-0.3, -0.25) is 4.79 Å². The average molecular weight is 283 g/mol. The summed E-state index contributed by atoms with van der Waals surface area (Å²) in [6.07, 6.45) is 0.525. The lowest BCUT2D eigenvalue weighted by molar-refractivity contribution is -0.132. The number of aliphatic hydroxyl groups excluding tert-OH is 1. The Hall–Kier alpha value is -1.46. The van der Waals surface area contributed by atoms with E-state index in [1.165, 1.54) is 24.3 Å². The number of ether oxygens (including phenoxy) is 1. The van der Waals surface area contributed by atoms with Crippen LogP contribution in [0.25, 0.3) is 0 Å². The molecule has 0 aliphatic rings. The van der Waals surface area contributed by atoms with Crippen LogP contribution in [0.3, 0.4) is 0 Å². The summed E-state index contributed by atoms with van der Waals surface area (Å²) in [5.74, 6) is -0.620. The third kappa shape index (κ3) is 5.67. The summed E-state index contributed by atoms with van der Waals surface area (Å²) in [6, 6.07) is 5.54. The summed E-state index contributed by atoms with van der Waals surface area (Å²) >= 11 is 0. The van der Waals surface area contributed by atoms with E-state index in [1.807, 2.05) is 6.92 Å². The van der Waals surface area contributed by atoms with Crippen molar-refractivity contribution >= 4 is 5.91 Å². The number of aliphatic hydroxyl groups is 1. The molecule has 0 heterocycles. The summed E-state index contributed by atoms with van der Waals surface area (Å²) in [6.45, 7) is 4.35. The Balaban J connectivity index is 2.34. The van der Waals surface area contributed by atoms with E-state index < -0.39 is 12.2 Å². The minimum absolute atomic E-state index is 0.0753. The first-order valence-corrected chi connectivity index (χ1v) is 6.87. The molecule has 1 rings (SSSR count). The number of hydrogen-bond acceptors (Lipinski definition) is 3. The number of nitrogens with one attached hydrogen (secondary N) is 1. The molecule has 0 radical (unpaired) electrons. The lowest BCUT2D eigenvalue weighted by Crippen LogP contribution is -2.37. The monoisotopic (exact) mass is 283 g/mol. The van der Waals surface area contributed by atoms with Crippen molar-refractivity contribution in [1.82, 2.24) is 5.32 Å². The Bertz CT molecular complexity index is 408. The molecule has 2 unspecified atom stereocenters. The fraction of sp³-hybridized carbons (Fsp3) is 0.533. The molecule has 0 spiro atoms. The van der Waals surface area contributed by atoms with E-state index in [1.54, 1.807) is 6.92 Å². The number of rotatable bonds is 8. The molecule has 0 saturated heterocycles. The minimum atomic E-state index is -0.859. The van der Waals surface area contributed by atoms with Crippen molar-refractivity contribution in [3.63, 3.8) is 0 Å². The van der Waals surface area contributed by atoms with Gasteiger partial charge < -0.3 is 15.2 Å². The minimum Gasteiger partial charge on any atom is -0.387 e. The van der Waals surface area contributed by atoms with Crippen LogP contribution in [0.4, 0.5) is 4.39 Å². The zero-order chi connectivity index (χ0) is 15.0. The van der Waals surface area contributed by atoms with E-state index >= 15 is 0 Å². The van der Waals surface area contributed by atoms with E-state index in [-0.39, 0.29) is 18.3 Å². The second kappa shape index (κ2) is 8.66. The molecule has 1 aromatic rings. The molecule has 1 aromatic carbocycles. The number of amides is 1. The van der Waals surface area contributed by atoms with Crippen molar-refractivity contribution in [1.29, 1.82) is 0 Å². The predicted octanol–water partition coefficient (Wildman–Crippen LogP) is 2.18. The Kier molecular flexibility index (Phi) is 7.18. The standard InChI is InChI=1S/C15H22FNO3/c1-3-4-9-20-11(2)15(19)17-10-14(18)12-5-7-13(16)8-6-12/h5-8,11,14,18H,3-4,9-10H2,1-2H3,(H,17,19). The maximum absolute atomic E-state index is 12.7. The van der Waals surface area contributed by atoms with Gasteiger partial charge in [0, 0.05) is 13.2 Å². The quantitative estimate of drug-likeness (QED) is 0.719. The maximum atomic E-state index is 12.7. The highest BCUT2D eigenvalue weighted by Gasteiger charge is 2.15. The average Bonchev–Trinajstić information content (AvgIpc) is 2.45. The van der Waals surface area contributed by atoms with Gasteiger partial charge in [-0.15, -0.1) is 0 Å². The van der Waals surface area contributed by atoms with Gasteiger partial charge in [-0.25, -0.2) is 4.39 Å². The summed E-state index contributed by atoms with van der Waals surface area (Å²) in [5.41, 5.74) is 0.561. The first-order chi connectivity index (χ1) is 9.54. The summed E-state index contributed by atoms with van der Waals surface area (Å²) in [7, 11) is 0. The van der Waals surface area contributed by atoms with Crippen LogP contribution in [0, 0.1) is 5.82 Å². The van der Waals surface area contributed by atoms with Crippen molar-refractivity contribution in [2.24, 2.45) is 0 Å². The summed E-state index contributed by atoms with van der Waals surface area (Å²) in [4.78, 5) is 11.7. The molecule has 20 heavy (non-hydrogen) atoms. The van der Waals surface area contributed by atoms with E-state index in [0.29, 0.717) is 12.2 Å². The number of benzene rings is 1. The maximum Gasteiger partial charge on any atom is 0.248 e. The number of carbonyl (C=O) groups excluding carboxylic acids is 1. The first kappa shape index (κ1) is 16.6. The lowest BCUT2D eigenvalue weighted by Gasteiger charge is -2.16. The zero-order valence-corrected chi connectivity index (χ0v) is 11.9. The zero-order valence-electron chi connectivity index (χ0n) is 11.9. The van der Waals surface area contributed by atoms with Crippen molar-refractivity contribution < 1.29 is 19.0 Å². The largest absolute Gasteiger partial charge is 0.387 e. The summed E-state index contributed by atoms with van der Waals surface area (Å²) < 4.78 is 18.1. The van der Waals surface area contributed by atoms with Gasteiger partial charge in [0.25, 0.3) is 0 Å². The molecule has 4 nitrogen and oxygen atoms in total. The molecule has 0 fully saturated rings. The van der Waals surface area contributed by atoms with Gasteiger partial charge in [-0.2, -0.15) is 0 Å². The Morgan fingerprint density at radius 1 is 1.40 bits per heavy atom. The normalized spacial score (nSPS) is 13.8. The van der Waals surface area contributed by atoms with E-state index in [2.05, 4.69) is 5.32 Å². The molecule has 2 atom stereocenters. The topological polar surface area (TPSA) is 58.6 Å². The third-order valence-corrected chi connectivity index (χ3v) is 2.96. The van der Waals surface area contributed by atoms with E-state index in [0.717, 1.165) is 12.8 Å². The van der Waals surface area contributed by atoms with Crippen molar-refractivity contribution in [3.05, 3.63) is 35.6 Å². The lowest BCUT2D eigenvalue weighted by atomic mass is 10.1. The van der Waals surface area contributed by atoms with Gasteiger partial charge in [0.05, 0.1) is 6.10 Å². The molecule has 0 aromatic heterocycles. The summed E-state index contributed by atoms with van der Waals surface area (Å²) in [5, 5.41) is 12.5. The highest BCUT2D eigenvalue weighted by Crippen LogP contribution is 2.12. The highest BCUT2D eigenvalue weighted by atomic mass is 19.1. The number of halogens is 1. The second-order valence-electron chi connectivity index (χ2n) is 4.68. The molecule has 2 N–H and O–H groups in total. The number of unbranched alkanes of at least 4 members (excludes halogenated alkanes) is 1. The third-order valence-electron chi connectivity index (χ3n) is 2.96. The molecule has 0 saturated carbocycles. The van der Waals surface area contributed by atoms with Crippen molar-refractivity contribution in [2.45, 2.75) is 38.9 Å². The van der Waals surface area contributed by atoms with Crippen LogP contribution < -0.4 is 5.32 Å². The van der Waals surface area contributed by atoms with Gasteiger partial charge in [-0.1, -0.05) is 25.5 Å². The molecule has 0 aliphatic heterocycles. The van der Waals surface area contributed by atoms with Crippen LogP contribution in [0.15, 0.2) is 24.3 Å². The Labute approximate surface area is 119 Å². The van der Waals surface area contributed by atoms with Crippen LogP contribution in [-0.4, -0.2) is 30.3 Å². The Morgan fingerprint density at radius 2 is 2.05 bits per heavy atom. The molecule has 112 valence electrons. The van der Waals surface area contributed by atoms with Gasteiger partial charge in [0.15, 0.2) is 0 Å². The molecular weight excluding hydrogens is 261 g/mol. The second-order valence-corrected chi connectivity index (χ2v) is 4.68. The molecule has 1 amide bonds. The van der Waals surface area contributed by atoms with Crippen molar-refractivity contribution in [3.8, 4) is 0 Å². The fourth-order valence-corrected chi connectivity index (χ4v) is 1.62. The predicted molar refractivity (Wildman–Crippen MR) is 74.7 cm³/mol. The fourth-order valence-electron chi connectivity index (χ4n) is 1.62. The molecule has 5 heteroatoms. The van der Waals surface area contributed by atoms with Crippen molar-refractivity contribution in [2.75, 3.05) is 13.2 Å². The number of hydrogen-bond donors (Lipinski definition) is 2. The molecule has 0 bridgehead atoms. The van der Waals surface area contributed by atoms with Crippen LogP contribution in [0.2, 0.25) is 0 Å². The smallest absolute Gasteiger partial charge is 0.248 e. The SMILES string of the molecule is CCCCOC(C)C(=O)NCC(O)c1ccc(F)cc1. The Morgan fingerprint density at radius 3 is 2.65 bits per heavy atom. The molecular formula is C15H22FNO3.